The molecule has 0 aliphatic carbocycles. The summed E-state index contributed by atoms with van der Waals surface area (Å²) in [7, 11) is 0. The van der Waals surface area contributed by atoms with Gasteiger partial charge in [-0.15, -0.1) is 0 Å². The molecule has 0 radical (unpaired) electrons. The Balaban J connectivity index is 2.05. The number of benzene rings is 1. The van der Waals surface area contributed by atoms with Crippen LogP contribution in [0.3, 0.4) is 0 Å². The predicted octanol–water partition coefficient (Wildman–Crippen LogP) is 3.14. The molecule has 0 saturated carbocycles. The molecule has 4 nitrogen and oxygen atoms in total. The Hall–Kier alpha value is -1.52. The van der Waals surface area contributed by atoms with E-state index in [1.54, 1.807) is 24.4 Å². The van der Waals surface area contributed by atoms with Crippen molar-refractivity contribution >= 4 is 29.1 Å². The van der Waals surface area contributed by atoms with Crippen LogP contribution in [0.15, 0.2) is 30.5 Å². The first-order chi connectivity index (χ1) is 9.11. The molecule has 1 aromatic heterocycles. The summed E-state index contributed by atoms with van der Waals surface area (Å²) in [6.45, 7) is 3.17. The van der Waals surface area contributed by atoms with Gasteiger partial charge in [-0.3, -0.25) is 9.48 Å². The van der Waals surface area contributed by atoms with E-state index in [-0.39, 0.29) is 5.91 Å². The van der Waals surface area contributed by atoms with E-state index in [4.69, 9.17) is 23.2 Å². The molecule has 1 amide bonds. The van der Waals surface area contributed by atoms with Crippen LogP contribution in [-0.4, -0.2) is 15.7 Å². The summed E-state index contributed by atoms with van der Waals surface area (Å²) in [6, 6.07) is 6.66. The van der Waals surface area contributed by atoms with Crippen LogP contribution in [0.25, 0.3) is 0 Å². The maximum absolute atomic E-state index is 12.0. The molecule has 0 aliphatic heterocycles. The van der Waals surface area contributed by atoms with Gasteiger partial charge in [0.15, 0.2) is 0 Å². The molecule has 2 aromatic rings. The summed E-state index contributed by atoms with van der Waals surface area (Å²) < 4.78 is 1.82. The standard InChI is InChI=1S/C13H13Cl2N3O/c1-2-18-10(5-6-17-18)8-16-13(19)11-4-3-9(14)7-12(11)15/h3-7H,2,8H2,1H3,(H,16,19). The molecule has 100 valence electrons. The number of nitrogens with zero attached hydrogens (tertiary/aromatic N) is 2. The van der Waals surface area contributed by atoms with Crippen LogP contribution < -0.4 is 5.32 Å². The van der Waals surface area contributed by atoms with Gasteiger partial charge in [-0.1, -0.05) is 23.2 Å². The fourth-order valence-electron chi connectivity index (χ4n) is 1.73. The van der Waals surface area contributed by atoms with Gasteiger partial charge >= 0.3 is 0 Å². The van der Waals surface area contributed by atoms with Crippen molar-refractivity contribution in [3.8, 4) is 0 Å². The van der Waals surface area contributed by atoms with Crippen molar-refractivity contribution in [3.63, 3.8) is 0 Å². The molecular weight excluding hydrogens is 285 g/mol. The van der Waals surface area contributed by atoms with Crippen molar-refractivity contribution in [1.82, 2.24) is 15.1 Å². The highest BCUT2D eigenvalue weighted by Gasteiger charge is 2.11. The Labute approximate surface area is 121 Å². The van der Waals surface area contributed by atoms with Crippen molar-refractivity contribution in [2.45, 2.75) is 20.0 Å². The highest BCUT2D eigenvalue weighted by atomic mass is 35.5. The van der Waals surface area contributed by atoms with E-state index in [9.17, 15) is 4.79 Å². The summed E-state index contributed by atoms with van der Waals surface area (Å²) in [5.74, 6) is -0.231. The van der Waals surface area contributed by atoms with Gasteiger partial charge < -0.3 is 5.32 Å². The molecule has 0 unspecified atom stereocenters. The quantitative estimate of drug-likeness (QED) is 0.942. The molecule has 0 spiro atoms. The normalized spacial score (nSPS) is 10.5. The van der Waals surface area contributed by atoms with Gasteiger partial charge in [0.1, 0.15) is 0 Å². The minimum Gasteiger partial charge on any atom is -0.346 e. The number of carbonyl (C=O) groups is 1. The number of amides is 1. The van der Waals surface area contributed by atoms with Gasteiger partial charge in [-0.05, 0) is 31.2 Å². The van der Waals surface area contributed by atoms with Crippen LogP contribution in [0.4, 0.5) is 0 Å². The topological polar surface area (TPSA) is 46.9 Å². The molecule has 19 heavy (non-hydrogen) atoms. The third-order valence-corrected chi connectivity index (χ3v) is 3.26. The number of nitrogens with one attached hydrogen (secondary N) is 1. The van der Waals surface area contributed by atoms with Crippen molar-refractivity contribution < 1.29 is 4.79 Å². The Morgan fingerprint density at radius 2 is 2.16 bits per heavy atom. The molecular formula is C13H13Cl2N3O. The van der Waals surface area contributed by atoms with E-state index >= 15 is 0 Å². The van der Waals surface area contributed by atoms with Gasteiger partial charge in [0.25, 0.3) is 5.91 Å². The lowest BCUT2D eigenvalue weighted by atomic mass is 10.2. The average Bonchev–Trinajstić information content (AvgIpc) is 2.83. The van der Waals surface area contributed by atoms with Crippen LogP contribution in [0.5, 0.6) is 0 Å². The van der Waals surface area contributed by atoms with Gasteiger partial charge in [-0.25, -0.2) is 0 Å². The third kappa shape index (κ3) is 3.28. The molecule has 2 rings (SSSR count). The van der Waals surface area contributed by atoms with E-state index in [1.807, 2.05) is 17.7 Å². The molecule has 0 fully saturated rings. The van der Waals surface area contributed by atoms with Crippen LogP contribution in [0.2, 0.25) is 10.0 Å². The van der Waals surface area contributed by atoms with Gasteiger partial charge in [0.2, 0.25) is 0 Å². The molecule has 0 aliphatic rings. The first-order valence-electron chi connectivity index (χ1n) is 5.85. The zero-order chi connectivity index (χ0) is 13.8. The average molecular weight is 298 g/mol. The lowest BCUT2D eigenvalue weighted by Gasteiger charge is -2.08. The van der Waals surface area contributed by atoms with E-state index in [2.05, 4.69) is 10.4 Å². The van der Waals surface area contributed by atoms with E-state index < -0.39 is 0 Å². The van der Waals surface area contributed by atoms with Crippen molar-refractivity contribution in [1.29, 1.82) is 0 Å². The number of hydrogen-bond donors (Lipinski definition) is 1. The summed E-state index contributed by atoms with van der Waals surface area (Å²) in [6.07, 6.45) is 1.71. The van der Waals surface area contributed by atoms with E-state index in [0.717, 1.165) is 12.2 Å². The molecule has 6 heteroatoms. The van der Waals surface area contributed by atoms with Gasteiger partial charge in [0.05, 0.1) is 22.8 Å². The van der Waals surface area contributed by atoms with E-state index in [0.29, 0.717) is 22.2 Å². The fraction of sp³-hybridized carbons (Fsp3) is 0.231. The van der Waals surface area contributed by atoms with Crippen LogP contribution in [0.1, 0.15) is 23.0 Å². The van der Waals surface area contributed by atoms with Crippen molar-refractivity contribution in [3.05, 3.63) is 51.8 Å². The molecule has 1 N–H and O–H groups in total. The maximum Gasteiger partial charge on any atom is 0.253 e. The maximum atomic E-state index is 12.0. The lowest BCUT2D eigenvalue weighted by molar-refractivity contribution is 0.0950. The number of carbonyl (C=O) groups excluding carboxylic acids is 1. The van der Waals surface area contributed by atoms with Crippen molar-refractivity contribution in [2.24, 2.45) is 0 Å². The minimum absolute atomic E-state index is 0.231. The summed E-state index contributed by atoms with van der Waals surface area (Å²) in [5.41, 5.74) is 1.36. The summed E-state index contributed by atoms with van der Waals surface area (Å²) in [4.78, 5) is 12.0. The lowest BCUT2D eigenvalue weighted by Crippen LogP contribution is -2.24. The molecule has 0 saturated heterocycles. The first-order valence-corrected chi connectivity index (χ1v) is 6.61. The fourth-order valence-corrected chi connectivity index (χ4v) is 2.23. The van der Waals surface area contributed by atoms with Crippen LogP contribution in [-0.2, 0) is 13.1 Å². The van der Waals surface area contributed by atoms with Crippen LogP contribution >= 0.6 is 23.2 Å². The Morgan fingerprint density at radius 1 is 1.37 bits per heavy atom. The van der Waals surface area contributed by atoms with Crippen LogP contribution in [0, 0.1) is 0 Å². The Bertz CT molecular complexity index is 595. The second-order valence-electron chi connectivity index (χ2n) is 3.95. The number of rotatable bonds is 4. The first kappa shape index (κ1) is 13.9. The molecule has 0 atom stereocenters. The summed E-state index contributed by atoms with van der Waals surface area (Å²) in [5, 5.41) is 7.79. The highest BCUT2D eigenvalue weighted by molar-refractivity contribution is 6.36. The second-order valence-corrected chi connectivity index (χ2v) is 4.79. The number of aryl methyl sites for hydroxylation is 1. The summed E-state index contributed by atoms with van der Waals surface area (Å²) >= 11 is 11.8. The zero-order valence-corrected chi connectivity index (χ0v) is 11.9. The minimum atomic E-state index is -0.231. The Morgan fingerprint density at radius 3 is 2.84 bits per heavy atom. The SMILES string of the molecule is CCn1nccc1CNC(=O)c1ccc(Cl)cc1Cl. The van der Waals surface area contributed by atoms with Crippen molar-refractivity contribution in [2.75, 3.05) is 0 Å². The molecule has 1 heterocycles. The third-order valence-electron chi connectivity index (χ3n) is 2.71. The Kier molecular flexibility index (Phi) is 4.45. The zero-order valence-electron chi connectivity index (χ0n) is 10.4. The largest absolute Gasteiger partial charge is 0.346 e. The number of hydrogen-bond acceptors (Lipinski definition) is 2. The smallest absolute Gasteiger partial charge is 0.253 e. The van der Waals surface area contributed by atoms with E-state index in [1.165, 1.54) is 0 Å². The predicted molar refractivity (Wildman–Crippen MR) is 75.5 cm³/mol. The molecule has 1 aromatic carbocycles. The highest BCUT2D eigenvalue weighted by Crippen LogP contribution is 2.20. The molecule has 0 bridgehead atoms. The number of aromatic nitrogens is 2. The monoisotopic (exact) mass is 297 g/mol. The number of halogens is 2. The van der Waals surface area contributed by atoms with Gasteiger partial charge in [0, 0.05) is 17.8 Å². The van der Waals surface area contributed by atoms with Gasteiger partial charge in [-0.2, -0.15) is 5.10 Å². The second kappa shape index (κ2) is 6.08.